The molecule has 0 bridgehead atoms. The zero-order valence-electron chi connectivity index (χ0n) is 14.3. The molecule has 1 aromatic rings. The van der Waals surface area contributed by atoms with E-state index in [1.54, 1.807) is 0 Å². The van der Waals surface area contributed by atoms with Crippen LogP contribution in [-0.4, -0.2) is 42.8 Å². The molecule has 0 amide bonds. The lowest BCUT2D eigenvalue weighted by atomic mass is 9.99. The van der Waals surface area contributed by atoms with Gasteiger partial charge in [-0.25, -0.2) is 4.79 Å². The quantitative estimate of drug-likeness (QED) is 0.297. The van der Waals surface area contributed by atoms with Crippen LogP contribution in [0.3, 0.4) is 0 Å². The van der Waals surface area contributed by atoms with Crippen molar-refractivity contribution in [2.45, 2.75) is 25.6 Å². The molecule has 1 aliphatic heterocycles. The molecule has 1 heterocycles. The second-order valence-electron chi connectivity index (χ2n) is 5.54. The number of carbonyl (C=O) groups is 2. The first-order chi connectivity index (χ1) is 13.1. The average Bonchev–Trinajstić information content (AvgIpc) is 2.59. The molecule has 0 aliphatic carbocycles. The first kappa shape index (κ1) is 22.0. The number of halogens is 4. The number of ether oxygens (including phenoxy) is 3. The Hall–Kier alpha value is -2.34. The Kier molecular flexibility index (Phi) is 7.24. The van der Waals surface area contributed by atoms with Gasteiger partial charge in [0.1, 0.15) is 5.75 Å². The van der Waals surface area contributed by atoms with Gasteiger partial charge in [-0.1, -0.05) is 17.2 Å². The predicted octanol–water partition coefficient (Wildman–Crippen LogP) is 2.70. The summed E-state index contributed by atoms with van der Waals surface area (Å²) >= 11 is 5.90. The molecule has 28 heavy (non-hydrogen) atoms. The number of aryl methyl sites for hydroxylation is 1. The van der Waals surface area contributed by atoms with Crippen molar-refractivity contribution in [1.82, 2.24) is 5.64 Å². The third-order valence-corrected chi connectivity index (χ3v) is 3.73. The normalized spacial score (nSPS) is 15.9. The van der Waals surface area contributed by atoms with Crippen LogP contribution >= 0.6 is 11.6 Å². The van der Waals surface area contributed by atoms with Gasteiger partial charge in [0.2, 0.25) is 12.9 Å². The molecule has 1 aliphatic rings. The molecule has 0 spiro atoms. The summed E-state index contributed by atoms with van der Waals surface area (Å²) in [5, 5.41) is 8.41. The van der Waals surface area contributed by atoms with Gasteiger partial charge in [0.15, 0.2) is 0 Å². The van der Waals surface area contributed by atoms with E-state index in [-0.39, 0.29) is 29.4 Å². The highest BCUT2D eigenvalue weighted by Gasteiger charge is 2.49. The third kappa shape index (κ3) is 5.58. The van der Waals surface area contributed by atoms with Crippen LogP contribution in [0.15, 0.2) is 17.7 Å². The molecule has 0 aromatic heterocycles. The highest BCUT2D eigenvalue weighted by atomic mass is 35.5. The van der Waals surface area contributed by atoms with Crippen molar-refractivity contribution in [3.8, 4) is 5.75 Å². The van der Waals surface area contributed by atoms with E-state index in [1.165, 1.54) is 24.7 Å². The molecule has 8 nitrogen and oxygen atoms in total. The van der Waals surface area contributed by atoms with E-state index in [4.69, 9.17) is 21.5 Å². The fourth-order valence-electron chi connectivity index (χ4n) is 2.34. The number of esters is 2. The molecule has 12 heteroatoms. The van der Waals surface area contributed by atoms with Crippen molar-refractivity contribution < 1.29 is 47.0 Å². The molecule has 0 fully saturated rings. The molecule has 154 valence electrons. The van der Waals surface area contributed by atoms with Gasteiger partial charge in [0.05, 0.1) is 18.6 Å². The van der Waals surface area contributed by atoms with Crippen LogP contribution in [0.1, 0.15) is 17.5 Å². The maximum atomic E-state index is 13.4. The van der Waals surface area contributed by atoms with Crippen molar-refractivity contribution in [3.63, 3.8) is 0 Å². The Morgan fingerprint density at radius 3 is 2.68 bits per heavy atom. The lowest BCUT2D eigenvalue weighted by Gasteiger charge is -2.28. The van der Waals surface area contributed by atoms with Gasteiger partial charge in [-0.15, -0.1) is 0 Å². The van der Waals surface area contributed by atoms with Gasteiger partial charge in [0.25, 0.3) is 0 Å². The van der Waals surface area contributed by atoms with Crippen molar-refractivity contribution >= 4 is 29.6 Å². The molecule has 1 unspecified atom stereocenters. The van der Waals surface area contributed by atoms with E-state index in [2.05, 4.69) is 14.3 Å². The summed E-state index contributed by atoms with van der Waals surface area (Å²) in [6.45, 7) is 0.369. The Morgan fingerprint density at radius 2 is 2.04 bits per heavy atom. The Bertz CT molecular complexity index is 782. The van der Waals surface area contributed by atoms with E-state index in [0.29, 0.717) is 5.56 Å². The lowest BCUT2D eigenvalue weighted by molar-refractivity contribution is -0.191. The molecule has 0 saturated heterocycles. The summed E-state index contributed by atoms with van der Waals surface area (Å²) in [5.74, 6) is -2.28. The number of rotatable bonds is 7. The minimum atomic E-state index is -4.89. The zero-order chi connectivity index (χ0) is 20.9. The topological polar surface area (TPSA) is 103 Å². The highest BCUT2D eigenvalue weighted by molar-refractivity contribution is 6.30. The van der Waals surface area contributed by atoms with Gasteiger partial charge in [-0.05, 0) is 30.7 Å². The number of benzene rings is 1. The van der Waals surface area contributed by atoms with Gasteiger partial charge in [-0.3, -0.25) is 14.8 Å². The fraction of sp³-hybridized carbons (Fsp3) is 0.375. The lowest BCUT2D eigenvalue weighted by Crippen LogP contribution is -2.41. The number of alkyl halides is 3. The van der Waals surface area contributed by atoms with Crippen LogP contribution in [0.2, 0.25) is 5.02 Å². The summed E-state index contributed by atoms with van der Waals surface area (Å²) in [6.07, 6.45) is -6.76. The SMILES string of the molecule is Cc1cc(Cl)cc2c1OC(C(F)(F)F)C(C(=O)OCOC(=O)CCONO)=C2. The summed E-state index contributed by atoms with van der Waals surface area (Å²) in [6, 6.07) is 2.78. The Labute approximate surface area is 161 Å². The number of fused-ring (bicyclic) bond motifs is 1. The highest BCUT2D eigenvalue weighted by Crippen LogP contribution is 2.40. The monoisotopic (exact) mass is 425 g/mol. The van der Waals surface area contributed by atoms with Gasteiger partial charge < -0.3 is 14.2 Å². The van der Waals surface area contributed by atoms with Crippen molar-refractivity contribution in [2.75, 3.05) is 13.4 Å². The Balaban J connectivity index is 2.12. The van der Waals surface area contributed by atoms with Crippen molar-refractivity contribution in [1.29, 1.82) is 0 Å². The maximum Gasteiger partial charge on any atom is 0.430 e. The number of hydrogen-bond acceptors (Lipinski definition) is 8. The molecule has 2 rings (SSSR count). The minimum absolute atomic E-state index is 0.0489. The van der Waals surface area contributed by atoms with E-state index >= 15 is 0 Å². The number of carbonyl (C=O) groups excluding carboxylic acids is 2. The first-order valence-corrected chi connectivity index (χ1v) is 8.10. The summed E-state index contributed by atoms with van der Waals surface area (Å²) in [5.41, 5.74) is 1.08. The fourth-order valence-corrected chi connectivity index (χ4v) is 2.62. The maximum absolute atomic E-state index is 13.4. The number of hydrogen-bond donors (Lipinski definition) is 2. The second kappa shape index (κ2) is 9.24. The standard InChI is InChI=1S/C16H15ClF3NO7/c1-8-4-10(17)5-9-6-11(14(16(18,19)20)28-13(8)9)15(23)26-7-25-12(22)2-3-27-21-24/h4-6,14,21,24H,2-3,7H2,1H3. The van der Waals surface area contributed by atoms with Gasteiger partial charge in [0, 0.05) is 10.6 Å². The van der Waals surface area contributed by atoms with Crippen molar-refractivity contribution in [2.24, 2.45) is 0 Å². The van der Waals surface area contributed by atoms with Crippen LogP contribution < -0.4 is 10.4 Å². The second-order valence-corrected chi connectivity index (χ2v) is 5.97. The molecule has 2 N–H and O–H groups in total. The molecular formula is C16H15ClF3NO7. The largest absolute Gasteiger partial charge is 0.475 e. The van der Waals surface area contributed by atoms with E-state index < -0.39 is 36.6 Å². The summed E-state index contributed by atoms with van der Waals surface area (Å²) in [4.78, 5) is 27.7. The molecule has 1 aromatic carbocycles. The van der Waals surface area contributed by atoms with Crippen LogP contribution in [0, 0.1) is 6.92 Å². The predicted molar refractivity (Wildman–Crippen MR) is 87.2 cm³/mol. The van der Waals surface area contributed by atoms with Crippen LogP contribution in [-0.2, 0) is 23.9 Å². The summed E-state index contributed by atoms with van der Waals surface area (Å²) in [7, 11) is 0. The van der Waals surface area contributed by atoms with Crippen LogP contribution in [0.5, 0.6) is 5.75 Å². The van der Waals surface area contributed by atoms with Crippen molar-refractivity contribution in [3.05, 3.63) is 33.9 Å². The number of nitrogens with one attached hydrogen (secondary N) is 1. The molecular weight excluding hydrogens is 411 g/mol. The van der Waals surface area contributed by atoms with Crippen LogP contribution in [0.4, 0.5) is 13.2 Å². The molecule has 1 atom stereocenters. The molecule has 0 radical (unpaired) electrons. The Morgan fingerprint density at radius 1 is 1.32 bits per heavy atom. The van der Waals surface area contributed by atoms with E-state index in [9.17, 15) is 22.8 Å². The van der Waals surface area contributed by atoms with E-state index in [0.717, 1.165) is 6.08 Å². The van der Waals surface area contributed by atoms with E-state index in [1.807, 2.05) is 0 Å². The zero-order valence-corrected chi connectivity index (χ0v) is 15.1. The van der Waals surface area contributed by atoms with Crippen LogP contribution in [0.25, 0.3) is 6.08 Å². The average molecular weight is 426 g/mol. The van der Waals surface area contributed by atoms with Gasteiger partial charge >= 0.3 is 18.1 Å². The summed E-state index contributed by atoms with van der Waals surface area (Å²) < 4.78 is 54.2. The minimum Gasteiger partial charge on any atom is -0.475 e. The first-order valence-electron chi connectivity index (χ1n) is 7.72. The van der Waals surface area contributed by atoms with Gasteiger partial charge in [-0.2, -0.15) is 13.2 Å². The smallest absolute Gasteiger partial charge is 0.430 e. The third-order valence-electron chi connectivity index (χ3n) is 3.51. The molecule has 0 saturated carbocycles.